The van der Waals surface area contributed by atoms with Crippen molar-refractivity contribution in [1.29, 1.82) is 0 Å². The largest absolute Gasteiger partial charge is 0.394 e. The van der Waals surface area contributed by atoms with Crippen molar-refractivity contribution in [2.45, 2.75) is 77.7 Å². The van der Waals surface area contributed by atoms with Crippen LogP contribution in [0.5, 0.6) is 0 Å². The van der Waals surface area contributed by atoms with Crippen molar-refractivity contribution in [2.75, 3.05) is 29.2 Å². The second kappa shape index (κ2) is 11.6. The van der Waals surface area contributed by atoms with Crippen molar-refractivity contribution >= 4 is 17.5 Å². The van der Waals surface area contributed by atoms with E-state index in [1.807, 2.05) is 4.90 Å². The van der Waals surface area contributed by atoms with E-state index < -0.39 is 0 Å². The van der Waals surface area contributed by atoms with E-state index in [1.165, 1.54) is 25.5 Å². The van der Waals surface area contributed by atoms with Gasteiger partial charge in [-0.15, -0.1) is 0 Å². The van der Waals surface area contributed by atoms with Gasteiger partial charge >= 0.3 is 0 Å². The number of unbranched alkanes of at least 4 members (excludes halogenated alkanes) is 1. The van der Waals surface area contributed by atoms with E-state index in [0.717, 1.165) is 38.6 Å². The van der Waals surface area contributed by atoms with Gasteiger partial charge in [0.05, 0.1) is 18.6 Å². The lowest BCUT2D eigenvalue weighted by atomic mass is 9.96. The fourth-order valence-corrected chi connectivity index (χ4v) is 3.35. The Bertz CT molecular complexity index is 586. The summed E-state index contributed by atoms with van der Waals surface area (Å²) in [4.78, 5) is 11.0. The Hall–Kier alpha value is -2.05. The maximum Gasteiger partial charge on any atom is 0.224 e. The molecule has 0 atom stereocenters. The van der Waals surface area contributed by atoms with Gasteiger partial charge in [0.2, 0.25) is 5.95 Å². The normalized spacial score (nSPS) is 15.6. The van der Waals surface area contributed by atoms with Crippen LogP contribution in [-0.4, -0.2) is 29.2 Å². The molecular formula is C20H35FN6. The van der Waals surface area contributed by atoms with Crippen LogP contribution in [0.4, 0.5) is 21.8 Å². The highest BCUT2D eigenvalue weighted by Crippen LogP contribution is 2.24. The lowest BCUT2D eigenvalue weighted by Crippen LogP contribution is -2.34. The molecule has 1 saturated carbocycles. The molecule has 1 heterocycles. The van der Waals surface area contributed by atoms with Gasteiger partial charge in [0, 0.05) is 25.2 Å². The molecule has 7 heteroatoms. The zero-order valence-corrected chi connectivity index (χ0v) is 16.8. The molecule has 27 heavy (non-hydrogen) atoms. The number of nitrogens with two attached hydrogens (primary N) is 1. The highest BCUT2D eigenvalue weighted by molar-refractivity contribution is 5.63. The molecule has 6 nitrogen and oxygen atoms in total. The second-order valence-electron chi connectivity index (χ2n) is 7.27. The molecule has 2 rings (SSSR count). The minimum Gasteiger partial charge on any atom is -0.394 e. The number of allylic oxidation sites excluding steroid dienone is 1. The first-order valence-electron chi connectivity index (χ1n) is 10.4. The van der Waals surface area contributed by atoms with Gasteiger partial charge in [0.1, 0.15) is 5.83 Å². The van der Waals surface area contributed by atoms with Gasteiger partial charge in [-0.2, -0.15) is 4.98 Å². The monoisotopic (exact) mass is 378 g/mol. The summed E-state index contributed by atoms with van der Waals surface area (Å²) in [6, 6.07) is 0.434. The summed E-state index contributed by atoms with van der Waals surface area (Å²) in [5, 5.41) is 6.50. The van der Waals surface area contributed by atoms with E-state index in [4.69, 9.17) is 5.73 Å². The van der Waals surface area contributed by atoms with E-state index in [2.05, 4.69) is 34.4 Å². The van der Waals surface area contributed by atoms with E-state index in [9.17, 15) is 4.39 Å². The van der Waals surface area contributed by atoms with Gasteiger partial charge in [0.25, 0.3) is 0 Å². The van der Waals surface area contributed by atoms with Crippen molar-refractivity contribution in [2.24, 2.45) is 0 Å². The first kappa shape index (κ1) is 21.3. The van der Waals surface area contributed by atoms with Crippen LogP contribution in [0, 0.1) is 0 Å². The van der Waals surface area contributed by atoms with Crippen molar-refractivity contribution in [3.63, 3.8) is 0 Å². The van der Waals surface area contributed by atoms with Crippen LogP contribution in [0.3, 0.4) is 0 Å². The Morgan fingerprint density at radius 2 is 2.07 bits per heavy atom. The van der Waals surface area contributed by atoms with E-state index >= 15 is 0 Å². The van der Waals surface area contributed by atoms with Crippen molar-refractivity contribution in [1.82, 2.24) is 15.3 Å². The predicted octanol–water partition coefficient (Wildman–Crippen LogP) is 4.57. The van der Waals surface area contributed by atoms with Crippen LogP contribution < -0.4 is 21.3 Å². The summed E-state index contributed by atoms with van der Waals surface area (Å²) in [6.07, 6.45) is 12.5. The Balaban J connectivity index is 2.02. The van der Waals surface area contributed by atoms with Crippen LogP contribution in [0.1, 0.15) is 71.6 Å². The van der Waals surface area contributed by atoms with Crippen LogP contribution in [-0.2, 0) is 0 Å². The average Bonchev–Trinajstić information content (AvgIpc) is 2.68. The molecule has 0 saturated heterocycles. The number of halogens is 1. The maximum absolute atomic E-state index is 13.8. The fraction of sp³-hybridized carbons (Fsp3) is 0.700. The van der Waals surface area contributed by atoms with Gasteiger partial charge in [-0.1, -0.05) is 39.5 Å². The Kier molecular flexibility index (Phi) is 9.15. The minimum absolute atomic E-state index is 0.122. The molecule has 0 aromatic carbocycles. The molecule has 1 aliphatic carbocycles. The van der Waals surface area contributed by atoms with Crippen LogP contribution in [0.2, 0.25) is 0 Å². The number of nitrogen functional groups attached to an aromatic ring is 1. The van der Waals surface area contributed by atoms with Gasteiger partial charge in [0.15, 0.2) is 5.82 Å². The predicted molar refractivity (Wildman–Crippen MR) is 111 cm³/mol. The van der Waals surface area contributed by atoms with Gasteiger partial charge in [-0.05, 0) is 25.7 Å². The zero-order valence-electron chi connectivity index (χ0n) is 16.8. The number of hydrogen-bond donors (Lipinski definition) is 3. The molecule has 4 N–H and O–H groups in total. The summed E-state index contributed by atoms with van der Waals surface area (Å²) in [6.45, 7) is 5.39. The van der Waals surface area contributed by atoms with E-state index in [-0.39, 0.29) is 5.83 Å². The first-order valence-corrected chi connectivity index (χ1v) is 10.4. The van der Waals surface area contributed by atoms with Gasteiger partial charge < -0.3 is 21.3 Å². The molecule has 0 amide bonds. The number of aromatic nitrogens is 2. The summed E-state index contributed by atoms with van der Waals surface area (Å²) in [5.74, 6) is 1.19. The molecule has 1 aromatic rings. The second-order valence-corrected chi connectivity index (χ2v) is 7.27. The lowest BCUT2D eigenvalue weighted by molar-refractivity contribution is 0.461. The minimum atomic E-state index is -0.122. The highest BCUT2D eigenvalue weighted by Gasteiger charge is 2.17. The molecule has 1 aromatic heterocycles. The molecular weight excluding hydrogens is 343 g/mol. The van der Waals surface area contributed by atoms with Crippen molar-refractivity contribution < 1.29 is 4.39 Å². The van der Waals surface area contributed by atoms with E-state index in [1.54, 1.807) is 6.20 Å². The Morgan fingerprint density at radius 1 is 1.30 bits per heavy atom. The molecule has 0 bridgehead atoms. The molecule has 0 aliphatic heterocycles. The van der Waals surface area contributed by atoms with Gasteiger partial charge in [-0.3, -0.25) is 0 Å². The lowest BCUT2D eigenvalue weighted by Gasteiger charge is -2.26. The Labute approximate surface area is 162 Å². The standard InChI is InChI=1S/C20H35FN6/c1-3-5-9-16(21)13-23-15-27(12-4-2)19-18(22)14-24-20(26-19)25-17-10-7-6-8-11-17/h13-14,17,23H,3-12,15,22H2,1-2H3,(H,24,25,26)/b16-13-. The topological polar surface area (TPSA) is 79.1 Å². The smallest absolute Gasteiger partial charge is 0.224 e. The van der Waals surface area contributed by atoms with Crippen LogP contribution in [0.15, 0.2) is 18.2 Å². The number of rotatable bonds is 11. The Morgan fingerprint density at radius 3 is 2.78 bits per heavy atom. The van der Waals surface area contributed by atoms with Crippen LogP contribution in [0.25, 0.3) is 0 Å². The molecule has 0 radical (unpaired) electrons. The van der Waals surface area contributed by atoms with Crippen molar-refractivity contribution in [3.05, 3.63) is 18.2 Å². The fourth-order valence-electron chi connectivity index (χ4n) is 3.35. The third-order valence-electron chi connectivity index (χ3n) is 4.84. The zero-order chi connectivity index (χ0) is 19.5. The quantitative estimate of drug-likeness (QED) is 0.490. The van der Waals surface area contributed by atoms with Crippen LogP contribution >= 0.6 is 0 Å². The number of nitrogens with one attached hydrogen (secondary N) is 2. The van der Waals surface area contributed by atoms with Crippen molar-refractivity contribution in [3.8, 4) is 0 Å². The number of hydrogen-bond acceptors (Lipinski definition) is 6. The summed E-state index contributed by atoms with van der Waals surface area (Å²) in [5.41, 5.74) is 6.68. The van der Waals surface area contributed by atoms with Gasteiger partial charge in [-0.25, -0.2) is 9.37 Å². The summed E-state index contributed by atoms with van der Waals surface area (Å²) >= 11 is 0. The third-order valence-corrected chi connectivity index (χ3v) is 4.84. The molecule has 1 aliphatic rings. The average molecular weight is 379 g/mol. The summed E-state index contributed by atoms with van der Waals surface area (Å²) in [7, 11) is 0. The molecule has 0 spiro atoms. The summed E-state index contributed by atoms with van der Waals surface area (Å²) < 4.78 is 13.8. The number of nitrogens with zero attached hydrogens (tertiary/aromatic N) is 3. The molecule has 0 unspecified atom stereocenters. The maximum atomic E-state index is 13.8. The molecule has 152 valence electrons. The number of anilines is 3. The highest BCUT2D eigenvalue weighted by atomic mass is 19.1. The van der Waals surface area contributed by atoms with E-state index in [0.29, 0.717) is 36.6 Å². The first-order chi connectivity index (χ1) is 13.1. The third kappa shape index (κ3) is 7.23. The SMILES string of the molecule is CCCC/C(F)=C/NCN(CCC)c1nc(NC2CCCCC2)ncc1N. The molecule has 1 fully saturated rings.